The second kappa shape index (κ2) is 7.24. The van der Waals surface area contributed by atoms with E-state index in [1.54, 1.807) is 24.3 Å². The summed E-state index contributed by atoms with van der Waals surface area (Å²) in [6.45, 7) is 0.204. The number of nitrogens with two attached hydrogens (primary N) is 1. The Labute approximate surface area is 131 Å². The molecule has 0 radical (unpaired) electrons. The van der Waals surface area contributed by atoms with E-state index in [1.807, 2.05) is 24.3 Å². The lowest BCUT2D eigenvalue weighted by atomic mass is 10.1. The Bertz CT molecular complexity index is 596. The van der Waals surface area contributed by atoms with E-state index in [-0.39, 0.29) is 12.4 Å². The van der Waals surface area contributed by atoms with Gasteiger partial charge in [0.15, 0.2) is 0 Å². The van der Waals surface area contributed by atoms with Gasteiger partial charge < -0.3 is 15.6 Å². The van der Waals surface area contributed by atoms with Crippen LogP contribution in [-0.2, 0) is 22.6 Å². The summed E-state index contributed by atoms with van der Waals surface area (Å²) >= 11 is 3.35. The number of hydrogen-bond acceptors (Lipinski definition) is 4. The van der Waals surface area contributed by atoms with Crippen molar-refractivity contribution in [1.29, 1.82) is 0 Å². The molecule has 0 aliphatic rings. The van der Waals surface area contributed by atoms with Crippen molar-refractivity contribution in [2.24, 2.45) is 5.73 Å². The molecule has 21 heavy (non-hydrogen) atoms. The van der Waals surface area contributed by atoms with Gasteiger partial charge in [-0.1, -0.05) is 40.2 Å². The Morgan fingerprint density at radius 3 is 2.29 bits per heavy atom. The topological polar surface area (TPSA) is 72.5 Å². The number of ether oxygens (including phenoxy) is 1. The van der Waals surface area contributed by atoms with E-state index < -0.39 is 12.0 Å². The van der Waals surface area contributed by atoms with Crippen molar-refractivity contribution in [2.45, 2.75) is 19.1 Å². The lowest BCUT2D eigenvalue weighted by molar-refractivity contribution is -0.146. The normalized spacial score (nSPS) is 11.9. The second-order valence-electron chi connectivity index (χ2n) is 4.71. The van der Waals surface area contributed by atoms with Gasteiger partial charge in [-0.3, -0.25) is 4.79 Å². The lowest BCUT2D eigenvalue weighted by Crippen LogP contribution is -2.34. The third-order valence-corrected chi connectivity index (χ3v) is 3.52. The van der Waals surface area contributed by atoms with Gasteiger partial charge in [0.05, 0.1) is 0 Å². The highest BCUT2D eigenvalue weighted by Gasteiger charge is 2.15. The number of esters is 1. The zero-order chi connectivity index (χ0) is 15.2. The van der Waals surface area contributed by atoms with Crippen LogP contribution >= 0.6 is 15.9 Å². The summed E-state index contributed by atoms with van der Waals surface area (Å²) < 4.78 is 6.17. The number of hydrogen-bond donors (Lipinski definition) is 2. The van der Waals surface area contributed by atoms with Crippen LogP contribution in [0.25, 0.3) is 0 Å². The maximum absolute atomic E-state index is 11.8. The van der Waals surface area contributed by atoms with Gasteiger partial charge in [-0.05, 0) is 41.8 Å². The van der Waals surface area contributed by atoms with Crippen LogP contribution in [0.15, 0.2) is 53.0 Å². The Morgan fingerprint density at radius 2 is 1.67 bits per heavy atom. The Kier molecular flexibility index (Phi) is 5.36. The van der Waals surface area contributed by atoms with E-state index in [2.05, 4.69) is 15.9 Å². The molecule has 0 aliphatic carbocycles. The van der Waals surface area contributed by atoms with Crippen LogP contribution in [0.3, 0.4) is 0 Å². The number of phenols is 1. The van der Waals surface area contributed by atoms with Crippen molar-refractivity contribution in [2.75, 3.05) is 0 Å². The molecule has 4 nitrogen and oxygen atoms in total. The fourth-order valence-corrected chi connectivity index (χ4v) is 2.08. The molecule has 3 N–H and O–H groups in total. The summed E-state index contributed by atoms with van der Waals surface area (Å²) in [5.74, 6) is -0.254. The highest BCUT2D eigenvalue weighted by Crippen LogP contribution is 2.13. The summed E-state index contributed by atoms with van der Waals surface area (Å²) in [7, 11) is 0. The smallest absolute Gasteiger partial charge is 0.323 e. The number of carbonyl (C=O) groups excluding carboxylic acids is 1. The molecular formula is C16H16BrNO3. The molecular weight excluding hydrogens is 334 g/mol. The number of carbonyl (C=O) groups is 1. The first-order valence-corrected chi connectivity index (χ1v) is 7.28. The maximum atomic E-state index is 11.8. The van der Waals surface area contributed by atoms with Gasteiger partial charge >= 0.3 is 5.97 Å². The van der Waals surface area contributed by atoms with Gasteiger partial charge in [0.2, 0.25) is 0 Å². The van der Waals surface area contributed by atoms with Crippen molar-refractivity contribution < 1.29 is 14.6 Å². The highest BCUT2D eigenvalue weighted by molar-refractivity contribution is 9.10. The fraction of sp³-hybridized carbons (Fsp3) is 0.188. The lowest BCUT2D eigenvalue weighted by Gasteiger charge is -2.12. The predicted octanol–water partition coefficient (Wildman–Crippen LogP) is 2.77. The zero-order valence-corrected chi connectivity index (χ0v) is 12.9. The third-order valence-electron chi connectivity index (χ3n) is 2.99. The molecule has 1 atom stereocenters. The largest absolute Gasteiger partial charge is 0.508 e. The Morgan fingerprint density at radius 1 is 1.10 bits per heavy atom. The van der Waals surface area contributed by atoms with E-state index in [1.165, 1.54) is 0 Å². The van der Waals surface area contributed by atoms with Crippen molar-refractivity contribution in [1.82, 2.24) is 0 Å². The minimum atomic E-state index is -0.718. The zero-order valence-electron chi connectivity index (χ0n) is 11.3. The van der Waals surface area contributed by atoms with Crippen molar-refractivity contribution in [3.63, 3.8) is 0 Å². The number of benzene rings is 2. The van der Waals surface area contributed by atoms with Crippen LogP contribution in [0.2, 0.25) is 0 Å². The molecule has 0 heterocycles. The van der Waals surface area contributed by atoms with Gasteiger partial charge in [-0.15, -0.1) is 0 Å². The first-order chi connectivity index (χ1) is 10.0. The van der Waals surface area contributed by atoms with Crippen LogP contribution in [-0.4, -0.2) is 17.1 Å². The molecule has 5 heteroatoms. The summed E-state index contributed by atoms with van der Waals surface area (Å²) in [6.07, 6.45) is 0.374. The van der Waals surface area contributed by atoms with Gasteiger partial charge in [-0.2, -0.15) is 0 Å². The molecule has 0 aliphatic heterocycles. The molecule has 0 spiro atoms. The monoisotopic (exact) mass is 349 g/mol. The van der Waals surface area contributed by atoms with Crippen molar-refractivity contribution in [3.8, 4) is 5.75 Å². The van der Waals surface area contributed by atoms with Gasteiger partial charge in [0, 0.05) is 4.47 Å². The third kappa shape index (κ3) is 4.88. The average molecular weight is 350 g/mol. The fourth-order valence-electron chi connectivity index (χ4n) is 1.81. The number of aromatic hydroxyl groups is 1. The van der Waals surface area contributed by atoms with Crippen LogP contribution in [0.4, 0.5) is 0 Å². The Balaban J connectivity index is 1.84. The van der Waals surface area contributed by atoms with E-state index in [0.717, 1.165) is 15.6 Å². The molecule has 2 aromatic rings. The molecule has 0 fully saturated rings. The molecule has 0 bridgehead atoms. The standard InChI is InChI=1S/C16H16BrNO3/c17-13-5-1-12(2-6-13)10-21-16(20)15(18)9-11-3-7-14(19)8-4-11/h1-8,15,19H,9-10,18H2/t15-/m1/s1. The van der Waals surface area contributed by atoms with Crippen LogP contribution in [0, 0.1) is 0 Å². The molecule has 2 aromatic carbocycles. The summed E-state index contributed by atoms with van der Waals surface area (Å²) in [4.78, 5) is 11.8. The van der Waals surface area contributed by atoms with E-state index >= 15 is 0 Å². The molecule has 2 rings (SSSR count). The first-order valence-electron chi connectivity index (χ1n) is 6.49. The number of halogens is 1. The van der Waals surface area contributed by atoms with Crippen molar-refractivity contribution >= 4 is 21.9 Å². The van der Waals surface area contributed by atoms with E-state index in [0.29, 0.717) is 6.42 Å². The van der Waals surface area contributed by atoms with Crippen LogP contribution < -0.4 is 5.73 Å². The second-order valence-corrected chi connectivity index (χ2v) is 5.63. The molecule has 0 unspecified atom stereocenters. The highest BCUT2D eigenvalue weighted by atomic mass is 79.9. The van der Waals surface area contributed by atoms with Crippen LogP contribution in [0.5, 0.6) is 5.75 Å². The van der Waals surface area contributed by atoms with E-state index in [4.69, 9.17) is 10.5 Å². The predicted molar refractivity (Wildman–Crippen MR) is 83.7 cm³/mol. The van der Waals surface area contributed by atoms with Crippen molar-refractivity contribution in [3.05, 3.63) is 64.1 Å². The van der Waals surface area contributed by atoms with Gasteiger partial charge in [0.1, 0.15) is 18.4 Å². The minimum Gasteiger partial charge on any atom is -0.508 e. The molecule has 110 valence electrons. The molecule has 0 amide bonds. The average Bonchev–Trinajstić information content (AvgIpc) is 2.48. The molecule has 0 saturated carbocycles. The molecule has 0 aromatic heterocycles. The number of rotatable bonds is 5. The SMILES string of the molecule is N[C@H](Cc1ccc(O)cc1)C(=O)OCc1ccc(Br)cc1. The summed E-state index contributed by atoms with van der Waals surface area (Å²) in [5, 5.41) is 9.20. The van der Waals surface area contributed by atoms with E-state index in [9.17, 15) is 9.90 Å². The van der Waals surface area contributed by atoms with Crippen LogP contribution in [0.1, 0.15) is 11.1 Å². The number of phenolic OH excluding ortho intramolecular Hbond substituents is 1. The first kappa shape index (κ1) is 15.5. The minimum absolute atomic E-state index is 0.185. The Hall–Kier alpha value is -1.85. The summed E-state index contributed by atoms with van der Waals surface area (Å²) in [6, 6.07) is 13.4. The summed E-state index contributed by atoms with van der Waals surface area (Å²) in [5.41, 5.74) is 7.61. The van der Waals surface area contributed by atoms with Gasteiger partial charge in [-0.25, -0.2) is 0 Å². The molecule has 0 saturated heterocycles. The maximum Gasteiger partial charge on any atom is 0.323 e. The van der Waals surface area contributed by atoms with Gasteiger partial charge in [0.25, 0.3) is 0 Å². The quantitative estimate of drug-likeness (QED) is 0.814.